The monoisotopic (exact) mass is 1070 g/mol. The van der Waals surface area contributed by atoms with Crippen molar-refractivity contribution < 1.29 is 88.2 Å². The lowest BCUT2D eigenvalue weighted by Crippen LogP contribution is -2.62. The van der Waals surface area contributed by atoms with Gasteiger partial charge in [0.05, 0.1) is 25.7 Å². The van der Waals surface area contributed by atoms with Crippen LogP contribution >= 0.6 is 12.6 Å². The van der Waals surface area contributed by atoms with E-state index in [9.17, 15) is 83.1 Å². The first kappa shape index (κ1) is 64.9. The number of phenolic OH excluding ortho intramolecular Hbond substituents is 1. The van der Waals surface area contributed by atoms with Gasteiger partial charge in [-0.2, -0.15) is 12.6 Å². The van der Waals surface area contributed by atoms with Crippen LogP contribution in [0.25, 0.3) is 0 Å². The van der Waals surface area contributed by atoms with Gasteiger partial charge >= 0.3 is 17.9 Å². The van der Waals surface area contributed by atoms with Gasteiger partial charge in [0, 0.05) is 18.6 Å². The fourth-order valence-electron chi connectivity index (χ4n) is 6.62. The molecule has 0 bridgehead atoms. The molecule has 0 aliphatic heterocycles. The highest BCUT2D eigenvalue weighted by atomic mass is 32.1. The fourth-order valence-corrected chi connectivity index (χ4v) is 6.88. The van der Waals surface area contributed by atoms with Crippen LogP contribution in [0.15, 0.2) is 24.3 Å². The second-order valence-electron chi connectivity index (χ2n) is 17.6. The third-order valence-electron chi connectivity index (χ3n) is 11.0. The first-order valence-corrected chi connectivity index (χ1v) is 24.0. The van der Waals surface area contributed by atoms with E-state index in [0.29, 0.717) is 5.56 Å². The minimum absolute atomic E-state index is 0.0700. The molecule has 0 saturated carbocycles. The van der Waals surface area contributed by atoms with Gasteiger partial charge in [-0.05, 0) is 48.8 Å². The summed E-state index contributed by atoms with van der Waals surface area (Å²) in [6, 6.07) is -9.64. The molecule has 29 heteroatoms. The highest BCUT2D eigenvalue weighted by molar-refractivity contribution is 7.80. The number of benzene rings is 1. The predicted octanol–water partition coefficient (Wildman–Crippen LogP) is -4.90. The van der Waals surface area contributed by atoms with E-state index in [1.54, 1.807) is 13.8 Å². The van der Waals surface area contributed by atoms with Crippen LogP contribution < -0.4 is 53.6 Å². The minimum Gasteiger partial charge on any atom is -0.508 e. The molecule has 1 rings (SSSR count). The Morgan fingerprint density at radius 3 is 1.27 bits per heavy atom. The van der Waals surface area contributed by atoms with Gasteiger partial charge in [-0.25, -0.2) is 4.79 Å². The quantitative estimate of drug-likeness (QED) is 0.0293. The van der Waals surface area contributed by atoms with Gasteiger partial charge < -0.3 is 84.2 Å². The molecular weight excluding hydrogens is 1000 g/mol. The Labute approximate surface area is 431 Å². The SMILES string of the molecule is CCC(NC(=O)[C@@H](NC(=O)[C@@H](NC(=O)[C@H](CC(=O)O)NC(=O)[C@@H](N)CCC(=O)O)C(C)C)C(C)C)C(=O)N[C@@H](CS)C(=O)N[C@H](CO)C(=O)NC(CC)C(=O)N[C@@H](CO)C(=O)N[C@@H](Cc1ccc(O)cc1)C(=O)O. The van der Waals surface area contributed by atoms with Gasteiger partial charge in [0.15, 0.2) is 0 Å². The first-order chi connectivity index (χ1) is 34.6. The van der Waals surface area contributed by atoms with Crippen molar-refractivity contribution in [3.8, 4) is 5.75 Å². The third kappa shape index (κ3) is 21.9. The van der Waals surface area contributed by atoms with E-state index in [2.05, 4.69) is 60.5 Å². The summed E-state index contributed by atoms with van der Waals surface area (Å²) in [4.78, 5) is 154. The number of phenols is 1. The topological polar surface area (TPSA) is 461 Å². The lowest BCUT2D eigenvalue weighted by atomic mass is 9.98. The molecule has 1 aromatic carbocycles. The largest absolute Gasteiger partial charge is 0.508 e. The summed E-state index contributed by atoms with van der Waals surface area (Å²) in [6.45, 7) is 7.10. The second-order valence-corrected chi connectivity index (χ2v) is 18.0. The molecule has 2 unspecified atom stereocenters. The normalized spacial score (nSPS) is 15.1. The van der Waals surface area contributed by atoms with E-state index in [1.807, 2.05) is 0 Å². The van der Waals surface area contributed by atoms with Crippen molar-refractivity contribution in [1.29, 1.82) is 0 Å². The zero-order valence-corrected chi connectivity index (χ0v) is 42.6. The molecule has 0 aromatic heterocycles. The van der Waals surface area contributed by atoms with Crippen LogP contribution in [-0.2, 0) is 64.0 Å². The van der Waals surface area contributed by atoms with Gasteiger partial charge in [0.1, 0.15) is 60.1 Å². The van der Waals surface area contributed by atoms with Gasteiger partial charge in [-0.15, -0.1) is 0 Å². The maximum atomic E-state index is 13.7. The number of aliphatic carboxylic acids is 3. The standard InChI is InChI=1S/C45H70N10O18S/c1-7-25(37(64)51-30(18-57)41(68)50-28(45(72)73)15-22-9-11-23(58)12-10-22)47-40(67)29(17-56)52-42(69)31(19-74)53-38(65)26(8-2)48-43(70)34(20(3)4)55-44(71)35(21(5)6)54-39(66)27(16-33(61)62)49-36(63)24(46)13-14-32(59)60/h9-12,20-21,24-31,34-35,56-58,74H,7-8,13-19,46H2,1-6H3,(H,47,67)(H,48,70)(H,49,63)(H,50,68)(H,51,64)(H,52,69)(H,53,65)(H,54,66)(H,55,71)(H,59,60)(H,61,62)(H,72,73)/t24-,25?,26?,27-,28-,29+,30-,31-,34-,35-/m0/s1. The molecule has 9 amide bonds. The van der Waals surface area contributed by atoms with Gasteiger partial charge in [-0.3, -0.25) is 52.7 Å². The molecule has 28 nitrogen and oxygen atoms in total. The number of amides is 9. The van der Waals surface area contributed by atoms with E-state index in [-0.39, 0.29) is 37.2 Å². The van der Waals surface area contributed by atoms with E-state index in [1.165, 1.54) is 52.0 Å². The lowest BCUT2D eigenvalue weighted by molar-refractivity contribution is -0.142. The molecule has 10 atom stereocenters. The number of aromatic hydroxyl groups is 1. The minimum atomic E-state index is -1.75. The van der Waals surface area contributed by atoms with Crippen molar-refractivity contribution in [2.24, 2.45) is 17.6 Å². The highest BCUT2D eigenvalue weighted by Gasteiger charge is 2.36. The average molecular weight is 1070 g/mol. The summed E-state index contributed by atoms with van der Waals surface area (Å²) in [5.41, 5.74) is 6.14. The lowest BCUT2D eigenvalue weighted by Gasteiger charge is -2.29. The second kappa shape index (κ2) is 32.2. The van der Waals surface area contributed by atoms with Crippen molar-refractivity contribution in [3.63, 3.8) is 0 Å². The van der Waals surface area contributed by atoms with Crippen LogP contribution in [0.4, 0.5) is 0 Å². The van der Waals surface area contributed by atoms with E-state index in [0.717, 1.165) is 0 Å². The average Bonchev–Trinajstić information content (AvgIpc) is 3.33. The van der Waals surface area contributed by atoms with Gasteiger partial charge in [-0.1, -0.05) is 53.7 Å². The maximum Gasteiger partial charge on any atom is 0.326 e. The van der Waals surface area contributed by atoms with Crippen molar-refractivity contribution in [2.45, 2.75) is 140 Å². The summed E-state index contributed by atoms with van der Waals surface area (Å²) in [7, 11) is 0. The Balaban J connectivity index is 3.04. The Morgan fingerprint density at radius 1 is 0.500 bits per heavy atom. The summed E-state index contributed by atoms with van der Waals surface area (Å²) in [6.07, 6.45) is -2.17. The van der Waals surface area contributed by atoms with Gasteiger partial charge in [0.2, 0.25) is 53.2 Å². The van der Waals surface area contributed by atoms with Crippen LogP contribution in [0.3, 0.4) is 0 Å². The van der Waals surface area contributed by atoms with Crippen LogP contribution in [0, 0.1) is 11.8 Å². The number of rotatable bonds is 33. The number of carbonyl (C=O) groups is 12. The number of aliphatic hydroxyl groups excluding tert-OH is 2. The molecule has 0 saturated heterocycles. The number of carbonyl (C=O) groups excluding carboxylic acids is 9. The zero-order chi connectivity index (χ0) is 56.6. The molecule has 0 spiro atoms. The van der Waals surface area contributed by atoms with Crippen molar-refractivity contribution in [3.05, 3.63) is 29.8 Å². The zero-order valence-electron chi connectivity index (χ0n) is 41.7. The maximum absolute atomic E-state index is 13.7. The molecular formula is C45H70N10O18S. The molecule has 0 heterocycles. The van der Waals surface area contributed by atoms with Crippen LogP contribution in [-0.4, -0.2) is 181 Å². The molecule has 0 radical (unpaired) electrons. The molecule has 17 N–H and O–H groups in total. The Morgan fingerprint density at radius 2 is 0.865 bits per heavy atom. The first-order valence-electron chi connectivity index (χ1n) is 23.4. The van der Waals surface area contributed by atoms with Crippen LogP contribution in [0.5, 0.6) is 5.75 Å². The van der Waals surface area contributed by atoms with Crippen molar-refractivity contribution >= 4 is 83.7 Å². The predicted molar refractivity (Wildman–Crippen MR) is 262 cm³/mol. The van der Waals surface area contributed by atoms with E-state index < -0.39 is 169 Å². The molecule has 414 valence electrons. The summed E-state index contributed by atoms with van der Waals surface area (Å²) >= 11 is 4.11. The Bertz CT molecular complexity index is 2150. The number of thiol groups is 1. The van der Waals surface area contributed by atoms with Crippen LogP contribution in [0.1, 0.15) is 79.2 Å². The Kier molecular flexibility index (Phi) is 28.2. The van der Waals surface area contributed by atoms with Gasteiger partial charge in [0.25, 0.3) is 0 Å². The molecule has 1 aromatic rings. The number of aliphatic hydroxyl groups is 2. The molecule has 74 heavy (non-hydrogen) atoms. The number of nitrogens with one attached hydrogen (secondary N) is 9. The number of hydrogen-bond acceptors (Lipinski definition) is 17. The number of carboxylic acid groups (broad SMARTS) is 3. The highest BCUT2D eigenvalue weighted by Crippen LogP contribution is 2.13. The Hall–Kier alpha value is -7.11. The molecule has 0 aliphatic carbocycles. The number of hydrogen-bond donors (Lipinski definition) is 17. The smallest absolute Gasteiger partial charge is 0.326 e. The molecule has 0 aliphatic rings. The fraction of sp³-hybridized carbons (Fsp3) is 0.600. The van der Waals surface area contributed by atoms with Crippen molar-refractivity contribution in [1.82, 2.24) is 47.9 Å². The summed E-state index contributed by atoms with van der Waals surface area (Å²) < 4.78 is 0. The van der Waals surface area contributed by atoms with E-state index in [4.69, 9.17) is 10.8 Å². The van der Waals surface area contributed by atoms with Crippen molar-refractivity contribution in [2.75, 3.05) is 19.0 Å². The number of nitrogens with two attached hydrogens (primary N) is 1. The summed E-state index contributed by atoms with van der Waals surface area (Å²) in [5.74, 6) is -15.1. The molecule has 0 fully saturated rings. The van der Waals surface area contributed by atoms with Crippen LogP contribution in [0.2, 0.25) is 0 Å². The summed E-state index contributed by atoms with van der Waals surface area (Å²) in [5, 5.41) is 78.3. The van der Waals surface area contributed by atoms with E-state index >= 15 is 0 Å². The third-order valence-corrected chi connectivity index (χ3v) is 11.4. The number of carboxylic acids is 3.